The van der Waals surface area contributed by atoms with Gasteiger partial charge >= 0.3 is 0 Å². The Balaban J connectivity index is 1.67. The maximum absolute atomic E-state index is 13.1. The maximum atomic E-state index is 13.1. The van der Waals surface area contributed by atoms with Crippen LogP contribution in [-0.4, -0.2) is 18.0 Å². The summed E-state index contributed by atoms with van der Waals surface area (Å²) in [6, 6.07) is 16.5. The van der Waals surface area contributed by atoms with Crippen molar-refractivity contribution < 1.29 is 14.1 Å². The van der Waals surface area contributed by atoms with Crippen molar-refractivity contribution in [2.75, 3.05) is 5.32 Å². The van der Waals surface area contributed by atoms with Gasteiger partial charge in [0.1, 0.15) is 12.4 Å². The molecule has 1 fully saturated rings. The minimum atomic E-state index is -0.225. The summed E-state index contributed by atoms with van der Waals surface area (Å²) in [4.78, 5) is 13.8. The molecule has 0 spiro atoms. The van der Waals surface area contributed by atoms with Gasteiger partial charge in [0, 0.05) is 24.1 Å². The molecular formula is C19H22FN2O+. The fourth-order valence-corrected chi connectivity index (χ4v) is 2.88. The van der Waals surface area contributed by atoms with Crippen molar-refractivity contribution in [1.82, 2.24) is 0 Å². The number of hydrogen-bond donors (Lipinski definition) is 2. The summed E-state index contributed by atoms with van der Waals surface area (Å²) in [6.45, 7) is 2.71. The summed E-state index contributed by atoms with van der Waals surface area (Å²) in [5, 5.41) is 2.98. The fraction of sp³-hybridized carbons (Fsp3) is 0.316. The number of carbonyl (C=O) groups excluding carboxylic acids is 1. The molecule has 1 aliphatic carbocycles. The van der Waals surface area contributed by atoms with Gasteiger partial charge in [0.15, 0.2) is 6.04 Å². The van der Waals surface area contributed by atoms with Gasteiger partial charge in [-0.1, -0.05) is 30.3 Å². The van der Waals surface area contributed by atoms with Gasteiger partial charge in [0.2, 0.25) is 0 Å². The molecule has 0 heterocycles. The third kappa shape index (κ3) is 4.17. The number of nitrogens with one attached hydrogen (secondary N) is 2. The molecule has 1 unspecified atom stereocenters. The normalized spacial score (nSPS) is 16.6. The van der Waals surface area contributed by atoms with Gasteiger partial charge in [-0.25, -0.2) is 4.39 Å². The van der Waals surface area contributed by atoms with E-state index in [0.717, 1.165) is 30.6 Å². The number of carbonyl (C=O) groups is 1. The molecule has 3 rings (SSSR count). The summed E-state index contributed by atoms with van der Waals surface area (Å²) in [5.74, 6) is -0.197. The zero-order valence-corrected chi connectivity index (χ0v) is 13.3. The smallest absolute Gasteiger partial charge is 0.282 e. The Labute approximate surface area is 136 Å². The lowest BCUT2D eigenvalue weighted by atomic mass is 10.1. The number of amides is 1. The largest absolute Gasteiger partial charge is 0.321 e. The van der Waals surface area contributed by atoms with Gasteiger partial charge in [0.05, 0.1) is 6.04 Å². The number of quaternary nitrogens is 1. The van der Waals surface area contributed by atoms with E-state index in [1.54, 1.807) is 12.1 Å². The first-order valence-corrected chi connectivity index (χ1v) is 8.09. The minimum Gasteiger partial charge on any atom is -0.321 e. The van der Waals surface area contributed by atoms with Crippen LogP contribution in [0, 0.1) is 5.82 Å². The number of anilines is 1. The molecule has 0 aliphatic heterocycles. The average molecular weight is 313 g/mol. The molecule has 1 saturated carbocycles. The predicted molar refractivity (Wildman–Crippen MR) is 88.6 cm³/mol. The van der Waals surface area contributed by atoms with E-state index < -0.39 is 0 Å². The van der Waals surface area contributed by atoms with Crippen LogP contribution in [0.15, 0.2) is 54.6 Å². The van der Waals surface area contributed by atoms with E-state index in [1.165, 1.54) is 17.0 Å². The van der Waals surface area contributed by atoms with Crippen LogP contribution in [0.3, 0.4) is 0 Å². The third-order valence-corrected chi connectivity index (χ3v) is 4.41. The quantitative estimate of drug-likeness (QED) is 0.843. The molecular weight excluding hydrogens is 291 g/mol. The molecule has 2 N–H and O–H groups in total. The van der Waals surface area contributed by atoms with Crippen LogP contribution in [0.5, 0.6) is 0 Å². The van der Waals surface area contributed by atoms with Crippen molar-refractivity contribution in [2.24, 2.45) is 0 Å². The Morgan fingerprint density at radius 2 is 1.83 bits per heavy atom. The predicted octanol–water partition coefficient (Wildman–Crippen LogP) is 2.40. The van der Waals surface area contributed by atoms with Crippen LogP contribution in [0.2, 0.25) is 0 Å². The Morgan fingerprint density at radius 3 is 2.43 bits per heavy atom. The zero-order valence-electron chi connectivity index (χ0n) is 13.3. The van der Waals surface area contributed by atoms with Gasteiger partial charge in [-0.3, -0.25) is 4.79 Å². The Bertz CT molecular complexity index is 653. The second kappa shape index (κ2) is 6.92. The van der Waals surface area contributed by atoms with Crippen LogP contribution in [0.25, 0.3) is 0 Å². The van der Waals surface area contributed by atoms with Crippen molar-refractivity contribution in [1.29, 1.82) is 0 Å². The molecule has 0 bridgehead atoms. The van der Waals surface area contributed by atoms with Crippen molar-refractivity contribution in [3.8, 4) is 0 Å². The molecule has 1 amide bonds. The zero-order chi connectivity index (χ0) is 16.2. The van der Waals surface area contributed by atoms with E-state index in [2.05, 4.69) is 5.32 Å². The molecule has 2 aromatic rings. The summed E-state index contributed by atoms with van der Waals surface area (Å²) in [5.41, 5.74) is 1.88. The molecule has 23 heavy (non-hydrogen) atoms. The van der Waals surface area contributed by atoms with Crippen LogP contribution in [0.1, 0.15) is 25.3 Å². The second-order valence-electron chi connectivity index (χ2n) is 6.23. The van der Waals surface area contributed by atoms with Gasteiger partial charge in [-0.15, -0.1) is 0 Å². The summed E-state index contributed by atoms with van der Waals surface area (Å²) >= 11 is 0. The number of benzene rings is 2. The van der Waals surface area contributed by atoms with Crippen molar-refractivity contribution in [2.45, 2.75) is 38.4 Å². The van der Waals surface area contributed by atoms with E-state index in [4.69, 9.17) is 0 Å². The van der Waals surface area contributed by atoms with Crippen LogP contribution in [0.4, 0.5) is 10.1 Å². The minimum absolute atomic E-state index is 0.0280. The Morgan fingerprint density at radius 1 is 1.17 bits per heavy atom. The lowest BCUT2D eigenvalue weighted by molar-refractivity contribution is -0.938. The second-order valence-corrected chi connectivity index (χ2v) is 6.23. The van der Waals surface area contributed by atoms with E-state index in [-0.39, 0.29) is 17.8 Å². The summed E-state index contributed by atoms with van der Waals surface area (Å²) in [7, 11) is 0. The fourth-order valence-electron chi connectivity index (χ4n) is 2.88. The molecule has 1 aliphatic rings. The SMILES string of the molecule is C[C@@H](C(=O)Nc1ccccc1)[NH+](Cc1ccc(F)cc1)C1CC1. The third-order valence-electron chi connectivity index (χ3n) is 4.41. The number of rotatable bonds is 6. The summed E-state index contributed by atoms with van der Waals surface area (Å²) in [6.07, 6.45) is 2.30. The number of para-hydroxylation sites is 1. The highest BCUT2D eigenvalue weighted by molar-refractivity contribution is 5.93. The van der Waals surface area contributed by atoms with Gasteiger partial charge in [-0.2, -0.15) is 0 Å². The van der Waals surface area contributed by atoms with E-state index in [1.807, 2.05) is 37.3 Å². The van der Waals surface area contributed by atoms with E-state index in [9.17, 15) is 9.18 Å². The van der Waals surface area contributed by atoms with Crippen molar-refractivity contribution in [3.05, 3.63) is 66.0 Å². The maximum Gasteiger partial charge on any atom is 0.282 e. The Kier molecular flexibility index (Phi) is 4.72. The molecule has 0 saturated heterocycles. The van der Waals surface area contributed by atoms with Crippen LogP contribution in [-0.2, 0) is 11.3 Å². The average Bonchev–Trinajstić information content (AvgIpc) is 3.39. The molecule has 2 aromatic carbocycles. The van der Waals surface area contributed by atoms with Crippen LogP contribution < -0.4 is 10.2 Å². The molecule has 0 radical (unpaired) electrons. The van der Waals surface area contributed by atoms with Crippen LogP contribution >= 0.6 is 0 Å². The monoisotopic (exact) mass is 313 g/mol. The topological polar surface area (TPSA) is 33.5 Å². The number of hydrogen-bond acceptors (Lipinski definition) is 1. The van der Waals surface area contributed by atoms with Gasteiger partial charge < -0.3 is 10.2 Å². The molecule has 3 nitrogen and oxygen atoms in total. The summed E-state index contributed by atoms with van der Waals surface area (Å²) < 4.78 is 13.1. The first-order valence-electron chi connectivity index (χ1n) is 8.09. The lowest BCUT2D eigenvalue weighted by Crippen LogP contribution is -3.16. The first kappa shape index (κ1) is 15.7. The van der Waals surface area contributed by atoms with Gasteiger partial charge in [-0.05, 0) is 31.2 Å². The van der Waals surface area contributed by atoms with E-state index in [0.29, 0.717) is 6.04 Å². The molecule has 2 atom stereocenters. The number of halogens is 1. The highest BCUT2D eigenvalue weighted by atomic mass is 19.1. The van der Waals surface area contributed by atoms with Gasteiger partial charge in [0.25, 0.3) is 5.91 Å². The van der Waals surface area contributed by atoms with Crippen molar-refractivity contribution in [3.63, 3.8) is 0 Å². The molecule has 120 valence electrons. The standard InChI is InChI=1S/C19H21FN2O/c1-14(19(23)21-17-5-3-2-4-6-17)22(18-11-12-18)13-15-7-9-16(20)10-8-15/h2-10,14,18H,11-13H2,1H3,(H,21,23)/p+1/t14-/m0/s1. The molecule has 0 aromatic heterocycles. The lowest BCUT2D eigenvalue weighted by Gasteiger charge is -2.25. The van der Waals surface area contributed by atoms with E-state index >= 15 is 0 Å². The first-order chi connectivity index (χ1) is 11.1. The highest BCUT2D eigenvalue weighted by Gasteiger charge is 2.39. The molecule has 4 heteroatoms. The highest BCUT2D eigenvalue weighted by Crippen LogP contribution is 2.17. The Hall–Kier alpha value is -2.20. The van der Waals surface area contributed by atoms with Crippen molar-refractivity contribution >= 4 is 11.6 Å².